The Morgan fingerprint density at radius 3 is 2.72 bits per heavy atom. The Balaban J connectivity index is 2.17. The third-order valence-corrected chi connectivity index (χ3v) is 3.56. The normalized spacial score (nSPS) is 17.9. The molecular weight excluding hydrogens is 229 g/mol. The maximum absolute atomic E-state index is 13.2. The first-order valence-corrected chi connectivity index (χ1v) is 6.76. The van der Waals surface area contributed by atoms with Crippen LogP contribution in [0.25, 0.3) is 0 Å². The zero-order valence-electron chi connectivity index (χ0n) is 10.9. The van der Waals surface area contributed by atoms with Crippen molar-refractivity contribution in [2.75, 3.05) is 13.1 Å². The van der Waals surface area contributed by atoms with Crippen LogP contribution in [0.3, 0.4) is 0 Å². The van der Waals surface area contributed by atoms with Crippen LogP contribution < -0.4 is 0 Å². The largest absolute Gasteiger partial charge is 0.293 e. The molecule has 1 aliphatic heterocycles. The van der Waals surface area contributed by atoms with E-state index in [1.165, 1.54) is 12.1 Å². The molecule has 0 aromatic heterocycles. The predicted octanol–water partition coefficient (Wildman–Crippen LogP) is 3.27. The summed E-state index contributed by atoms with van der Waals surface area (Å²) in [4.78, 5) is 14.7. The van der Waals surface area contributed by atoms with E-state index in [9.17, 15) is 9.18 Å². The Bertz CT molecular complexity index is 413. The molecule has 1 saturated heterocycles. The lowest BCUT2D eigenvalue weighted by atomic mass is 9.99. The first kappa shape index (κ1) is 13.2. The maximum atomic E-state index is 13.2. The summed E-state index contributed by atoms with van der Waals surface area (Å²) in [5, 5.41) is 0. The number of ketones is 1. The minimum atomic E-state index is -0.336. The molecule has 1 aromatic rings. The molecule has 0 aliphatic carbocycles. The highest BCUT2D eigenvalue weighted by Gasteiger charge is 2.28. The highest BCUT2D eigenvalue weighted by molar-refractivity contribution is 6.00. The van der Waals surface area contributed by atoms with Crippen LogP contribution in [0.2, 0.25) is 0 Å². The van der Waals surface area contributed by atoms with Gasteiger partial charge in [0.2, 0.25) is 0 Å². The smallest absolute Gasteiger partial charge is 0.180 e. The summed E-state index contributed by atoms with van der Waals surface area (Å²) in [6, 6.07) is 5.97. The molecule has 1 aromatic carbocycles. The number of rotatable bonds is 5. The lowest BCUT2D eigenvalue weighted by Crippen LogP contribution is -2.39. The Hall–Kier alpha value is -1.22. The second-order valence-electron chi connectivity index (χ2n) is 4.92. The Morgan fingerprint density at radius 1 is 1.39 bits per heavy atom. The minimum Gasteiger partial charge on any atom is -0.293 e. The second kappa shape index (κ2) is 6.10. The molecule has 1 atom stereocenters. The van der Waals surface area contributed by atoms with Gasteiger partial charge in [0.1, 0.15) is 5.82 Å². The molecule has 0 amide bonds. The van der Waals surface area contributed by atoms with Gasteiger partial charge in [-0.3, -0.25) is 9.69 Å². The van der Waals surface area contributed by atoms with Crippen molar-refractivity contribution in [3.63, 3.8) is 0 Å². The van der Waals surface area contributed by atoms with E-state index < -0.39 is 0 Å². The van der Waals surface area contributed by atoms with Gasteiger partial charge in [0, 0.05) is 5.56 Å². The highest BCUT2D eigenvalue weighted by Crippen LogP contribution is 2.19. The molecule has 1 unspecified atom stereocenters. The molecule has 0 spiro atoms. The molecule has 3 heteroatoms. The number of carbonyl (C=O) groups is 1. The number of likely N-dealkylation sites (tertiary alicyclic amines) is 1. The third kappa shape index (κ3) is 2.96. The fraction of sp³-hybridized carbons (Fsp3) is 0.533. The first-order valence-electron chi connectivity index (χ1n) is 6.76. The van der Waals surface area contributed by atoms with Crippen molar-refractivity contribution in [2.45, 2.75) is 38.6 Å². The van der Waals surface area contributed by atoms with E-state index in [0.29, 0.717) is 5.56 Å². The van der Waals surface area contributed by atoms with E-state index in [1.54, 1.807) is 12.1 Å². The van der Waals surface area contributed by atoms with Gasteiger partial charge >= 0.3 is 0 Å². The number of halogens is 1. The first-order chi connectivity index (χ1) is 8.72. The van der Waals surface area contributed by atoms with Gasteiger partial charge in [0.25, 0.3) is 0 Å². The quantitative estimate of drug-likeness (QED) is 0.746. The van der Waals surface area contributed by atoms with Gasteiger partial charge in [-0.1, -0.05) is 25.5 Å². The SMILES string of the molecule is CCCC(C(=O)c1cccc(F)c1)N1CCCC1. The Morgan fingerprint density at radius 2 is 2.11 bits per heavy atom. The monoisotopic (exact) mass is 249 g/mol. The summed E-state index contributed by atoms with van der Waals surface area (Å²) in [7, 11) is 0. The number of nitrogens with zero attached hydrogens (tertiary/aromatic N) is 1. The van der Waals surface area contributed by atoms with E-state index in [4.69, 9.17) is 0 Å². The number of benzene rings is 1. The van der Waals surface area contributed by atoms with Crippen molar-refractivity contribution in [1.29, 1.82) is 0 Å². The summed E-state index contributed by atoms with van der Waals surface area (Å²) < 4.78 is 13.2. The minimum absolute atomic E-state index is 0.0678. The van der Waals surface area contributed by atoms with Crippen LogP contribution in [0, 0.1) is 5.82 Å². The fourth-order valence-corrected chi connectivity index (χ4v) is 2.64. The van der Waals surface area contributed by atoms with E-state index >= 15 is 0 Å². The number of hydrogen-bond donors (Lipinski definition) is 0. The van der Waals surface area contributed by atoms with Crippen LogP contribution in [-0.4, -0.2) is 29.8 Å². The van der Waals surface area contributed by atoms with Crippen LogP contribution in [0.1, 0.15) is 43.0 Å². The van der Waals surface area contributed by atoms with E-state index in [1.807, 2.05) is 0 Å². The predicted molar refractivity (Wildman–Crippen MR) is 70.2 cm³/mol. The maximum Gasteiger partial charge on any atom is 0.180 e. The second-order valence-corrected chi connectivity index (χ2v) is 4.92. The zero-order valence-corrected chi connectivity index (χ0v) is 10.9. The average Bonchev–Trinajstić information content (AvgIpc) is 2.89. The topological polar surface area (TPSA) is 20.3 Å². The lowest BCUT2D eigenvalue weighted by Gasteiger charge is -2.26. The molecule has 18 heavy (non-hydrogen) atoms. The molecule has 0 N–H and O–H groups in total. The van der Waals surface area contributed by atoms with Gasteiger partial charge < -0.3 is 0 Å². The van der Waals surface area contributed by atoms with Gasteiger partial charge in [0.05, 0.1) is 6.04 Å². The van der Waals surface area contributed by atoms with E-state index in [2.05, 4.69) is 11.8 Å². The molecule has 0 radical (unpaired) electrons. The van der Waals surface area contributed by atoms with Crippen molar-refractivity contribution in [2.24, 2.45) is 0 Å². The Labute approximate surface area is 108 Å². The van der Waals surface area contributed by atoms with Crippen LogP contribution >= 0.6 is 0 Å². The van der Waals surface area contributed by atoms with Crippen molar-refractivity contribution in [1.82, 2.24) is 4.90 Å². The van der Waals surface area contributed by atoms with E-state index in [-0.39, 0.29) is 17.6 Å². The number of carbonyl (C=O) groups excluding carboxylic acids is 1. The van der Waals surface area contributed by atoms with E-state index in [0.717, 1.165) is 38.8 Å². The van der Waals surface area contributed by atoms with Crippen molar-refractivity contribution >= 4 is 5.78 Å². The molecule has 0 bridgehead atoms. The summed E-state index contributed by atoms with van der Waals surface area (Å²) in [5.74, 6) is -0.268. The summed E-state index contributed by atoms with van der Waals surface area (Å²) >= 11 is 0. The fourth-order valence-electron chi connectivity index (χ4n) is 2.64. The van der Waals surface area contributed by atoms with Crippen LogP contribution in [-0.2, 0) is 0 Å². The zero-order chi connectivity index (χ0) is 13.0. The third-order valence-electron chi connectivity index (χ3n) is 3.56. The molecule has 2 nitrogen and oxygen atoms in total. The van der Waals surface area contributed by atoms with Crippen LogP contribution in [0.15, 0.2) is 24.3 Å². The molecule has 98 valence electrons. The molecule has 1 heterocycles. The standard InChI is InChI=1S/C15H20FNO/c1-2-6-14(17-9-3-4-10-17)15(18)12-7-5-8-13(16)11-12/h5,7-8,11,14H,2-4,6,9-10H2,1H3. The molecular formula is C15H20FNO. The van der Waals surface area contributed by atoms with Gasteiger partial charge in [-0.15, -0.1) is 0 Å². The van der Waals surface area contributed by atoms with Gasteiger partial charge in [-0.25, -0.2) is 4.39 Å². The molecule has 1 fully saturated rings. The summed E-state index contributed by atoms with van der Waals surface area (Å²) in [5.41, 5.74) is 0.500. The number of hydrogen-bond acceptors (Lipinski definition) is 2. The van der Waals surface area contributed by atoms with Crippen molar-refractivity contribution in [3.8, 4) is 0 Å². The highest BCUT2D eigenvalue weighted by atomic mass is 19.1. The average molecular weight is 249 g/mol. The molecule has 2 rings (SSSR count). The van der Waals surface area contributed by atoms with Crippen molar-refractivity contribution < 1.29 is 9.18 Å². The Kier molecular flexibility index (Phi) is 4.48. The van der Waals surface area contributed by atoms with Gasteiger partial charge in [-0.05, 0) is 44.5 Å². The van der Waals surface area contributed by atoms with Crippen LogP contribution in [0.5, 0.6) is 0 Å². The number of Topliss-reactive ketones (excluding diaryl/α,β-unsaturated/α-hetero) is 1. The van der Waals surface area contributed by atoms with Crippen LogP contribution in [0.4, 0.5) is 4.39 Å². The van der Waals surface area contributed by atoms with Crippen molar-refractivity contribution in [3.05, 3.63) is 35.6 Å². The summed E-state index contributed by atoms with van der Waals surface area (Å²) in [6.07, 6.45) is 4.16. The molecule has 1 aliphatic rings. The van der Waals surface area contributed by atoms with Gasteiger partial charge in [-0.2, -0.15) is 0 Å². The lowest BCUT2D eigenvalue weighted by molar-refractivity contribution is 0.0836. The van der Waals surface area contributed by atoms with Gasteiger partial charge in [0.15, 0.2) is 5.78 Å². The summed E-state index contributed by atoms with van der Waals surface area (Å²) in [6.45, 7) is 4.07. The molecule has 0 saturated carbocycles.